The Morgan fingerprint density at radius 3 is 2.65 bits per heavy atom. The number of hydrazine groups is 1. The van der Waals surface area contributed by atoms with Crippen molar-refractivity contribution in [3.8, 4) is 0 Å². The summed E-state index contributed by atoms with van der Waals surface area (Å²) in [6, 6.07) is 0. The predicted molar refractivity (Wildman–Crippen MR) is 137 cm³/mol. The highest BCUT2D eigenvalue weighted by molar-refractivity contribution is 6.11. The van der Waals surface area contributed by atoms with Gasteiger partial charge in [-0.05, 0) is 39.9 Å². The molecule has 0 spiro atoms. The molecule has 13 heteroatoms. The molecule has 2 saturated heterocycles. The van der Waals surface area contributed by atoms with Gasteiger partial charge in [-0.1, -0.05) is 0 Å². The standard InChI is InChI=1S/C24H37F2N9O2/c1-32(2)7-4-8-33(3)24(37)15-5-9-34(10-6-15)20-17(26)12-28-13-18(20)30-23(36)19-21(27)31-35-14-16(25)11-29-22(19)35/h12-13,15-16,19,21,31H,4-11,14,27H2,1-3H3,(H,30,36). The Balaban J connectivity index is 1.40. The number of carbonyl (C=O) groups excluding carboxylic acids is 2. The molecular formula is C24H37F2N9O2. The smallest absolute Gasteiger partial charge is 0.238 e. The van der Waals surface area contributed by atoms with E-state index < -0.39 is 30.0 Å². The average molecular weight is 522 g/mol. The predicted octanol–water partition coefficient (Wildman–Crippen LogP) is 0.257. The van der Waals surface area contributed by atoms with Gasteiger partial charge in [-0.2, -0.15) is 0 Å². The topological polar surface area (TPSA) is 122 Å². The molecule has 1 aromatic heterocycles. The van der Waals surface area contributed by atoms with Gasteiger partial charge in [-0.15, -0.1) is 0 Å². The average Bonchev–Trinajstić information content (AvgIpc) is 3.18. The van der Waals surface area contributed by atoms with Crippen LogP contribution in [0.3, 0.4) is 0 Å². The fourth-order valence-electron chi connectivity index (χ4n) is 5.16. The Bertz CT molecular complexity index is 1020. The van der Waals surface area contributed by atoms with Crippen molar-refractivity contribution in [1.29, 1.82) is 0 Å². The fraction of sp³-hybridized carbons (Fsp3) is 0.667. The number of anilines is 2. The van der Waals surface area contributed by atoms with E-state index in [2.05, 4.69) is 25.6 Å². The molecule has 0 radical (unpaired) electrons. The summed E-state index contributed by atoms with van der Waals surface area (Å²) in [6.07, 6.45) is 2.65. The van der Waals surface area contributed by atoms with Crippen molar-refractivity contribution < 1.29 is 18.4 Å². The molecule has 4 N–H and O–H groups in total. The Hall–Kier alpha value is -2.90. The van der Waals surface area contributed by atoms with E-state index in [1.165, 1.54) is 11.2 Å². The van der Waals surface area contributed by atoms with Crippen molar-refractivity contribution in [2.24, 2.45) is 22.6 Å². The number of hydrogen-bond donors (Lipinski definition) is 3. The zero-order valence-corrected chi connectivity index (χ0v) is 21.7. The Morgan fingerprint density at radius 2 is 1.95 bits per heavy atom. The number of rotatable bonds is 8. The molecule has 2 amide bonds. The molecule has 3 atom stereocenters. The number of piperidine rings is 1. The minimum absolute atomic E-state index is 0.0325. The number of amides is 2. The van der Waals surface area contributed by atoms with Crippen LogP contribution in [0.4, 0.5) is 20.2 Å². The molecule has 37 heavy (non-hydrogen) atoms. The number of nitrogens with zero attached hydrogens (tertiary/aromatic N) is 6. The Labute approximate surface area is 216 Å². The highest BCUT2D eigenvalue weighted by Gasteiger charge is 2.44. The van der Waals surface area contributed by atoms with Gasteiger partial charge in [-0.3, -0.25) is 24.6 Å². The molecule has 1 aromatic rings. The first-order valence-corrected chi connectivity index (χ1v) is 12.7. The quantitative estimate of drug-likeness (QED) is 0.445. The van der Waals surface area contributed by atoms with E-state index in [9.17, 15) is 18.4 Å². The van der Waals surface area contributed by atoms with E-state index in [1.54, 1.807) is 4.90 Å². The molecule has 0 bridgehead atoms. The zero-order valence-electron chi connectivity index (χ0n) is 21.7. The second kappa shape index (κ2) is 11.7. The van der Waals surface area contributed by atoms with Gasteiger partial charge in [0.15, 0.2) is 5.82 Å². The molecule has 3 unspecified atom stereocenters. The second-order valence-corrected chi connectivity index (χ2v) is 10.2. The number of alkyl halides is 1. The van der Waals surface area contributed by atoms with Gasteiger partial charge in [0.1, 0.15) is 23.6 Å². The van der Waals surface area contributed by atoms with Crippen molar-refractivity contribution in [1.82, 2.24) is 25.2 Å². The number of pyridine rings is 1. The van der Waals surface area contributed by atoms with Gasteiger partial charge in [-0.25, -0.2) is 14.2 Å². The zero-order chi connectivity index (χ0) is 26.7. The number of carbonyl (C=O) groups is 2. The molecule has 4 heterocycles. The van der Waals surface area contributed by atoms with Crippen LogP contribution in [0.1, 0.15) is 19.3 Å². The number of nitrogens with two attached hydrogens (primary N) is 1. The number of fused-ring (bicyclic) bond motifs is 1. The van der Waals surface area contributed by atoms with E-state index in [0.717, 1.165) is 19.2 Å². The van der Waals surface area contributed by atoms with Gasteiger partial charge < -0.3 is 25.8 Å². The molecule has 204 valence electrons. The largest absolute Gasteiger partial charge is 0.367 e. The summed E-state index contributed by atoms with van der Waals surface area (Å²) in [6.45, 7) is 2.56. The number of halogens is 2. The lowest BCUT2D eigenvalue weighted by molar-refractivity contribution is -0.134. The molecule has 11 nitrogen and oxygen atoms in total. The molecular weight excluding hydrogens is 484 g/mol. The molecule has 0 aliphatic carbocycles. The van der Waals surface area contributed by atoms with Gasteiger partial charge in [0.2, 0.25) is 11.8 Å². The summed E-state index contributed by atoms with van der Waals surface area (Å²) < 4.78 is 28.7. The molecule has 4 rings (SSSR count). The lowest BCUT2D eigenvalue weighted by Crippen LogP contribution is -2.46. The van der Waals surface area contributed by atoms with E-state index in [4.69, 9.17) is 5.73 Å². The van der Waals surface area contributed by atoms with Crippen LogP contribution >= 0.6 is 0 Å². The summed E-state index contributed by atoms with van der Waals surface area (Å²) in [5.74, 6) is -1.53. The first-order chi connectivity index (χ1) is 17.7. The van der Waals surface area contributed by atoms with Crippen LogP contribution in [-0.4, -0.2) is 110 Å². The molecule has 0 aromatic carbocycles. The Morgan fingerprint density at radius 1 is 1.22 bits per heavy atom. The maximum atomic E-state index is 15.0. The SMILES string of the molecule is CN(C)CCCN(C)C(=O)C1CCN(c2c(F)cncc2NC(=O)C2C3=NCC(F)CN3NC2N)CC1. The van der Waals surface area contributed by atoms with Crippen molar-refractivity contribution in [2.75, 3.05) is 70.6 Å². The lowest BCUT2D eigenvalue weighted by atomic mass is 9.94. The third-order valence-corrected chi connectivity index (χ3v) is 7.10. The van der Waals surface area contributed by atoms with Crippen molar-refractivity contribution in [3.63, 3.8) is 0 Å². The first-order valence-electron chi connectivity index (χ1n) is 12.7. The van der Waals surface area contributed by atoms with Crippen LogP contribution in [0.2, 0.25) is 0 Å². The van der Waals surface area contributed by atoms with E-state index >= 15 is 0 Å². The highest BCUT2D eigenvalue weighted by Crippen LogP contribution is 2.33. The summed E-state index contributed by atoms with van der Waals surface area (Å²) in [7, 11) is 5.84. The molecule has 2 fully saturated rings. The van der Waals surface area contributed by atoms with Gasteiger partial charge in [0.25, 0.3) is 0 Å². The van der Waals surface area contributed by atoms with Crippen molar-refractivity contribution in [2.45, 2.75) is 31.6 Å². The lowest BCUT2D eigenvalue weighted by Gasteiger charge is -2.35. The summed E-state index contributed by atoms with van der Waals surface area (Å²) in [5, 5.41) is 4.23. The van der Waals surface area contributed by atoms with Crippen LogP contribution in [-0.2, 0) is 9.59 Å². The maximum absolute atomic E-state index is 15.0. The summed E-state index contributed by atoms with van der Waals surface area (Å²) >= 11 is 0. The number of amidine groups is 1. The third-order valence-electron chi connectivity index (χ3n) is 7.10. The van der Waals surface area contributed by atoms with E-state index in [-0.39, 0.29) is 36.3 Å². The maximum Gasteiger partial charge on any atom is 0.238 e. The minimum Gasteiger partial charge on any atom is -0.367 e. The fourth-order valence-corrected chi connectivity index (χ4v) is 5.16. The van der Waals surface area contributed by atoms with Crippen LogP contribution in [0.25, 0.3) is 0 Å². The number of hydrogen-bond acceptors (Lipinski definition) is 9. The monoisotopic (exact) mass is 521 g/mol. The Kier molecular flexibility index (Phi) is 8.55. The minimum atomic E-state index is -1.14. The molecule has 0 saturated carbocycles. The number of aliphatic imine (C=N–C) groups is 1. The third kappa shape index (κ3) is 6.16. The van der Waals surface area contributed by atoms with Gasteiger partial charge in [0.05, 0.1) is 37.3 Å². The molecule has 3 aliphatic rings. The van der Waals surface area contributed by atoms with E-state index in [0.29, 0.717) is 38.3 Å². The highest BCUT2D eigenvalue weighted by atomic mass is 19.1. The van der Waals surface area contributed by atoms with Crippen LogP contribution < -0.4 is 21.4 Å². The second-order valence-electron chi connectivity index (χ2n) is 10.2. The van der Waals surface area contributed by atoms with Crippen molar-refractivity contribution >= 4 is 29.0 Å². The van der Waals surface area contributed by atoms with Gasteiger partial charge >= 0.3 is 0 Å². The van der Waals surface area contributed by atoms with Crippen LogP contribution in [0.15, 0.2) is 17.4 Å². The summed E-state index contributed by atoms with van der Waals surface area (Å²) in [4.78, 5) is 39.9. The first kappa shape index (κ1) is 27.1. The normalized spacial score (nSPS) is 24.2. The number of nitrogens with one attached hydrogen (secondary N) is 2. The summed E-state index contributed by atoms with van der Waals surface area (Å²) in [5.41, 5.74) is 9.44. The van der Waals surface area contributed by atoms with Crippen LogP contribution in [0, 0.1) is 17.7 Å². The molecule has 3 aliphatic heterocycles. The van der Waals surface area contributed by atoms with Crippen LogP contribution in [0.5, 0.6) is 0 Å². The van der Waals surface area contributed by atoms with Gasteiger partial charge in [0, 0.05) is 32.6 Å². The number of aromatic nitrogens is 1. The van der Waals surface area contributed by atoms with Crippen molar-refractivity contribution in [3.05, 3.63) is 18.2 Å². The van der Waals surface area contributed by atoms with E-state index in [1.807, 2.05) is 26.0 Å².